The lowest BCUT2D eigenvalue weighted by atomic mass is 9.83. The first-order valence-electron chi connectivity index (χ1n) is 7.90. The van der Waals surface area contributed by atoms with Gasteiger partial charge in [-0.05, 0) is 29.8 Å². The van der Waals surface area contributed by atoms with Crippen molar-refractivity contribution in [2.75, 3.05) is 0 Å². The second-order valence-corrected chi connectivity index (χ2v) is 9.25. The normalized spacial score (nSPS) is 13.8. The molecule has 152 valence electrons. The predicted molar refractivity (Wildman–Crippen MR) is 114 cm³/mol. The standard InChI is InChI=1S/C19H12Cl4O5S/c20-11-5-3-4-10(8-11)19(29(26,27)28,12-6-1-2-7-15(12)24)16-13(21)9-14(22)17(23)18(16)25/h1-9,24-25H,(H,26,27,28). The minimum absolute atomic E-state index is 0.0930. The molecule has 3 aromatic rings. The first-order chi connectivity index (χ1) is 13.5. The number of para-hydroxylation sites is 1. The summed E-state index contributed by atoms with van der Waals surface area (Å²) in [6, 6.07) is 12.1. The molecule has 3 aromatic carbocycles. The molecule has 0 bridgehead atoms. The fourth-order valence-electron chi connectivity index (χ4n) is 3.25. The number of rotatable bonds is 4. The van der Waals surface area contributed by atoms with Crippen LogP contribution >= 0.6 is 46.4 Å². The lowest BCUT2D eigenvalue weighted by Gasteiger charge is -2.34. The van der Waals surface area contributed by atoms with Gasteiger partial charge in [-0.25, -0.2) is 0 Å². The number of phenols is 2. The Balaban J connectivity index is 2.67. The maximum atomic E-state index is 13.0. The summed E-state index contributed by atoms with van der Waals surface area (Å²) in [4.78, 5) is 0. The van der Waals surface area contributed by atoms with Gasteiger partial charge in [-0.2, -0.15) is 8.42 Å². The highest BCUT2D eigenvalue weighted by atomic mass is 35.5. The number of phenolic OH excluding ortho intramolecular Hbond substituents is 2. The predicted octanol–water partition coefficient (Wildman–Crippen LogP) is 5.89. The third kappa shape index (κ3) is 3.54. The average molecular weight is 494 g/mol. The van der Waals surface area contributed by atoms with Gasteiger partial charge in [0.1, 0.15) is 16.5 Å². The molecule has 1 atom stereocenters. The zero-order chi connectivity index (χ0) is 21.6. The van der Waals surface area contributed by atoms with Crippen LogP contribution in [0.1, 0.15) is 16.7 Å². The Morgan fingerprint density at radius 3 is 2.07 bits per heavy atom. The van der Waals surface area contributed by atoms with E-state index < -0.39 is 31.9 Å². The lowest BCUT2D eigenvalue weighted by molar-refractivity contribution is 0.428. The van der Waals surface area contributed by atoms with Gasteiger partial charge < -0.3 is 10.2 Å². The Morgan fingerprint density at radius 2 is 1.48 bits per heavy atom. The summed E-state index contributed by atoms with van der Waals surface area (Å²) in [5, 5.41) is 20.6. The molecule has 3 N–H and O–H groups in total. The van der Waals surface area contributed by atoms with Crippen molar-refractivity contribution < 1.29 is 23.2 Å². The topological polar surface area (TPSA) is 94.8 Å². The van der Waals surface area contributed by atoms with Gasteiger partial charge in [0.2, 0.25) is 0 Å². The number of hydrogen-bond donors (Lipinski definition) is 3. The SMILES string of the molecule is O=S(=O)(O)C(c1cccc(Cl)c1)(c1ccccc1O)c1c(Cl)cc(Cl)c(Cl)c1O. The molecule has 0 saturated heterocycles. The molecule has 3 rings (SSSR count). The zero-order valence-corrected chi connectivity index (χ0v) is 18.1. The van der Waals surface area contributed by atoms with E-state index in [1.165, 1.54) is 48.5 Å². The Morgan fingerprint density at radius 1 is 0.828 bits per heavy atom. The zero-order valence-electron chi connectivity index (χ0n) is 14.3. The molecule has 0 saturated carbocycles. The van der Waals surface area contributed by atoms with Crippen molar-refractivity contribution in [1.82, 2.24) is 0 Å². The van der Waals surface area contributed by atoms with Crippen LogP contribution in [0.4, 0.5) is 0 Å². The quantitative estimate of drug-likeness (QED) is 0.239. The van der Waals surface area contributed by atoms with Gasteiger partial charge in [-0.1, -0.05) is 76.7 Å². The van der Waals surface area contributed by atoms with Crippen molar-refractivity contribution in [2.24, 2.45) is 0 Å². The van der Waals surface area contributed by atoms with E-state index in [1.54, 1.807) is 0 Å². The molecule has 10 heteroatoms. The first kappa shape index (κ1) is 22.0. The maximum absolute atomic E-state index is 13.0. The highest BCUT2D eigenvalue weighted by molar-refractivity contribution is 7.87. The molecule has 5 nitrogen and oxygen atoms in total. The molecular weight excluding hydrogens is 482 g/mol. The molecular formula is C19H12Cl4O5S. The molecule has 1 unspecified atom stereocenters. The summed E-state index contributed by atoms with van der Waals surface area (Å²) in [5.74, 6) is -1.25. The van der Waals surface area contributed by atoms with E-state index in [2.05, 4.69) is 0 Å². The van der Waals surface area contributed by atoms with E-state index in [0.717, 1.165) is 6.07 Å². The fraction of sp³-hybridized carbons (Fsp3) is 0.0526. The van der Waals surface area contributed by atoms with Crippen LogP contribution in [0.25, 0.3) is 0 Å². The third-order valence-corrected chi connectivity index (χ3v) is 7.14. The Hall–Kier alpha value is -1.67. The highest BCUT2D eigenvalue weighted by Crippen LogP contribution is 2.54. The van der Waals surface area contributed by atoms with E-state index in [4.69, 9.17) is 46.4 Å². The van der Waals surface area contributed by atoms with Crippen LogP contribution in [0.3, 0.4) is 0 Å². The van der Waals surface area contributed by atoms with E-state index in [9.17, 15) is 23.2 Å². The van der Waals surface area contributed by atoms with Gasteiger partial charge in [0.25, 0.3) is 10.1 Å². The van der Waals surface area contributed by atoms with E-state index in [-0.39, 0.29) is 31.2 Å². The van der Waals surface area contributed by atoms with Crippen LogP contribution < -0.4 is 0 Å². The van der Waals surface area contributed by atoms with Gasteiger partial charge in [-0.15, -0.1) is 0 Å². The van der Waals surface area contributed by atoms with Crippen LogP contribution in [0.15, 0.2) is 54.6 Å². The largest absolute Gasteiger partial charge is 0.508 e. The highest BCUT2D eigenvalue weighted by Gasteiger charge is 2.53. The fourth-order valence-corrected chi connectivity index (χ4v) is 5.58. The Kier molecular flexibility index (Phi) is 5.98. The lowest BCUT2D eigenvalue weighted by Crippen LogP contribution is -2.38. The van der Waals surface area contributed by atoms with Crippen LogP contribution in [-0.2, 0) is 14.9 Å². The summed E-state index contributed by atoms with van der Waals surface area (Å²) in [5.41, 5.74) is -0.857. The molecule has 0 aliphatic carbocycles. The van der Waals surface area contributed by atoms with Gasteiger partial charge in [0, 0.05) is 16.1 Å². The minimum Gasteiger partial charge on any atom is -0.508 e. The van der Waals surface area contributed by atoms with E-state index in [1.807, 2.05) is 0 Å². The molecule has 0 radical (unpaired) electrons. The average Bonchev–Trinajstić information content (AvgIpc) is 2.63. The van der Waals surface area contributed by atoms with Crippen LogP contribution in [0.2, 0.25) is 20.1 Å². The smallest absolute Gasteiger partial charge is 0.283 e. The number of benzene rings is 3. The first-order valence-corrected chi connectivity index (χ1v) is 10.9. The van der Waals surface area contributed by atoms with Crippen molar-refractivity contribution in [2.45, 2.75) is 4.75 Å². The monoisotopic (exact) mass is 492 g/mol. The second kappa shape index (κ2) is 7.87. The van der Waals surface area contributed by atoms with Crippen LogP contribution in [-0.4, -0.2) is 23.2 Å². The number of halogens is 4. The Labute approximate surface area is 186 Å². The molecule has 0 heterocycles. The van der Waals surface area contributed by atoms with Crippen LogP contribution in [0, 0.1) is 0 Å². The summed E-state index contributed by atoms with van der Waals surface area (Å²) in [6.45, 7) is 0. The van der Waals surface area contributed by atoms with Gasteiger partial charge in [-0.3, -0.25) is 4.55 Å². The summed E-state index contributed by atoms with van der Waals surface area (Å²) in [6.07, 6.45) is 0. The van der Waals surface area contributed by atoms with Crippen molar-refractivity contribution in [3.8, 4) is 11.5 Å². The second-order valence-electron chi connectivity index (χ2n) is 6.06. The molecule has 0 aliphatic rings. The summed E-state index contributed by atoms with van der Waals surface area (Å²) in [7, 11) is -5.16. The molecule has 29 heavy (non-hydrogen) atoms. The maximum Gasteiger partial charge on any atom is 0.283 e. The van der Waals surface area contributed by atoms with Gasteiger partial charge in [0.05, 0.1) is 10.0 Å². The third-order valence-electron chi connectivity index (χ3n) is 4.40. The van der Waals surface area contributed by atoms with Gasteiger partial charge >= 0.3 is 0 Å². The molecule has 0 spiro atoms. The van der Waals surface area contributed by atoms with Gasteiger partial charge in [0.15, 0.2) is 4.75 Å². The van der Waals surface area contributed by atoms with Crippen molar-refractivity contribution in [1.29, 1.82) is 0 Å². The van der Waals surface area contributed by atoms with Crippen molar-refractivity contribution in [3.63, 3.8) is 0 Å². The summed E-state index contributed by atoms with van der Waals surface area (Å²) >= 11 is 24.4. The van der Waals surface area contributed by atoms with Crippen molar-refractivity contribution in [3.05, 3.63) is 91.4 Å². The molecule has 0 aromatic heterocycles. The number of hydrogen-bond acceptors (Lipinski definition) is 4. The van der Waals surface area contributed by atoms with Crippen LogP contribution in [0.5, 0.6) is 11.5 Å². The van der Waals surface area contributed by atoms with E-state index >= 15 is 0 Å². The molecule has 0 aliphatic heterocycles. The summed E-state index contributed by atoms with van der Waals surface area (Å²) < 4.78 is 33.9. The number of aromatic hydroxyl groups is 2. The Bertz CT molecular complexity index is 1210. The molecule has 0 fully saturated rings. The van der Waals surface area contributed by atoms with Crippen molar-refractivity contribution >= 4 is 56.5 Å². The van der Waals surface area contributed by atoms with E-state index in [0.29, 0.717) is 0 Å². The molecule has 0 amide bonds. The minimum atomic E-state index is -5.16.